The zero-order valence-electron chi connectivity index (χ0n) is 21.2. The Morgan fingerprint density at radius 3 is 2.19 bits per heavy atom. The molecule has 188 valence electrons. The maximum absolute atomic E-state index is 13.1. The van der Waals surface area contributed by atoms with Crippen molar-refractivity contribution in [3.63, 3.8) is 0 Å². The second-order valence-electron chi connectivity index (χ2n) is 10.3. The first-order chi connectivity index (χ1) is 17.8. The Labute approximate surface area is 216 Å². The lowest BCUT2D eigenvalue weighted by Crippen LogP contribution is -2.46. The Morgan fingerprint density at radius 2 is 1.51 bits per heavy atom. The van der Waals surface area contributed by atoms with Gasteiger partial charge in [0, 0.05) is 30.1 Å². The van der Waals surface area contributed by atoms with Crippen molar-refractivity contribution >= 4 is 22.8 Å². The molecule has 1 N–H and O–H groups in total. The molecule has 0 aliphatic heterocycles. The number of carbonyl (C=O) groups excluding carboxylic acids is 2. The van der Waals surface area contributed by atoms with E-state index in [1.54, 1.807) is 33.2 Å². The fraction of sp³-hybridized carbons (Fsp3) is 0.258. The van der Waals surface area contributed by atoms with Crippen molar-refractivity contribution in [1.29, 1.82) is 0 Å². The van der Waals surface area contributed by atoms with Crippen molar-refractivity contribution in [1.82, 2.24) is 10.3 Å². The van der Waals surface area contributed by atoms with Gasteiger partial charge in [0.25, 0.3) is 0 Å². The number of fused-ring (bicyclic) bond motifs is 4. The third-order valence-electron chi connectivity index (χ3n) is 6.50. The predicted molar refractivity (Wildman–Crippen MR) is 143 cm³/mol. The third kappa shape index (κ3) is 5.33. The topological polar surface area (TPSA) is 77.5 Å². The van der Waals surface area contributed by atoms with Crippen molar-refractivity contribution < 1.29 is 19.1 Å². The molecule has 0 saturated heterocycles. The Kier molecular flexibility index (Phi) is 6.66. The smallest absolute Gasteiger partial charge is 0.407 e. The molecule has 0 spiro atoms. The lowest BCUT2D eigenvalue weighted by molar-refractivity contribution is -0.157. The minimum absolute atomic E-state index is 0.0691. The van der Waals surface area contributed by atoms with E-state index < -0.39 is 23.7 Å². The van der Waals surface area contributed by atoms with Crippen LogP contribution in [0.2, 0.25) is 0 Å². The quantitative estimate of drug-likeness (QED) is 0.331. The lowest BCUT2D eigenvalue weighted by Gasteiger charge is -2.25. The van der Waals surface area contributed by atoms with Crippen LogP contribution in [0, 0.1) is 0 Å². The molecule has 5 rings (SSSR count). The molecule has 1 heterocycles. The van der Waals surface area contributed by atoms with Crippen molar-refractivity contribution in [3.05, 3.63) is 102 Å². The number of alkyl carbamates (subject to hydrolysis) is 1. The second-order valence-corrected chi connectivity index (χ2v) is 10.3. The van der Waals surface area contributed by atoms with E-state index in [9.17, 15) is 9.59 Å². The Hall–Kier alpha value is -4.19. The van der Waals surface area contributed by atoms with E-state index in [-0.39, 0.29) is 18.9 Å². The summed E-state index contributed by atoms with van der Waals surface area (Å²) in [6.45, 7) is 5.56. The molecule has 0 bridgehead atoms. The van der Waals surface area contributed by atoms with Gasteiger partial charge in [0.2, 0.25) is 0 Å². The molecule has 37 heavy (non-hydrogen) atoms. The summed E-state index contributed by atoms with van der Waals surface area (Å²) in [5, 5.41) is 4.70. The number of carbonyl (C=O) groups is 2. The van der Waals surface area contributed by atoms with Crippen molar-refractivity contribution in [3.8, 4) is 11.1 Å². The summed E-state index contributed by atoms with van der Waals surface area (Å²) in [7, 11) is 0. The molecule has 1 amide bonds. The van der Waals surface area contributed by atoms with Gasteiger partial charge in [0.1, 0.15) is 18.2 Å². The minimum atomic E-state index is -0.928. The van der Waals surface area contributed by atoms with E-state index in [0.717, 1.165) is 38.6 Å². The van der Waals surface area contributed by atoms with Crippen molar-refractivity contribution in [2.75, 3.05) is 6.61 Å². The average Bonchev–Trinajstić information content (AvgIpc) is 3.20. The summed E-state index contributed by atoms with van der Waals surface area (Å²) in [5.74, 6) is -0.589. The molecule has 1 aliphatic rings. The zero-order chi connectivity index (χ0) is 26.0. The summed E-state index contributed by atoms with van der Waals surface area (Å²) in [6, 6.07) is 23.2. The van der Waals surface area contributed by atoms with Crippen LogP contribution in [0.3, 0.4) is 0 Å². The molecule has 4 aromatic rings. The van der Waals surface area contributed by atoms with Crippen LogP contribution >= 0.6 is 0 Å². The van der Waals surface area contributed by atoms with Crippen LogP contribution in [0.25, 0.3) is 21.9 Å². The Balaban J connectivity index is 1.34. The molecule has 3 aromatic carbocycles. The number of rotatable bonds is 6. The molecule has 6 nitrogen and oxygen atoms in total. The van der Waals surface area contributed by atoms with Gasteiger partial charge in [-0.25, -0.2) is 9.59 Å². The molecular formula is C31H30N2O4. The number of hydrogen-bond donors (Lipinski definition) is 1. The van der Waals surface area contributed by atoms with E-state index in [1.807, 2.05) is 48.5 Å². The van der Waals surface area contributed by atoms with Gasteiger partial charge in [-0.1, -0.05) is 72.8 Å². The van der Waals surface area contributed by atoms with Gasteiger partial charge in [-0.2, -0.15) is 0 Å². The van der Waals surface area contributed by atoms with Gasteiger partial charge in [-0.05, 0) is 54.0 Å². The van der Waals surface area contributed by atoms with Crippen LogP contribution in [0.15, 0.2) is 85.2 Å². The normalized spacial score (nSPS) is 13.5. The van der Waals surface area contributed by atoms with Gasteiger partial charge in [-0.3, -0.25) is 4.98 Å². The largest absolute Gasteiger partial charge is 0.458 e. The Morgan fingerprint density at radius 1 is 0.892 bits per heavy atom. The fourth-order valence-electron chi connectivity index (χ4n) is 4.91. The van der Waals surface area contributed by atoms with E-state index in [2.05, 4.69) is 34.6 Å². The number of nitrogens with zero attached hydrogens (tertiary/aromatic N) is 1. The van der Waals surface area contributed by atoms with Crippen LogP contribution in [-0.4, -0.2) is 35.3 Å². The van der Waals surface area contributed by atoms with Crippen molar-refractivity contribution in [2.45, 2.75) is 44.8 Å². The fourth-order valence-corrected chi connectivity index (χ4v) is 4.91. The number of ether oxygens (including phenoxy) is 2. The van der Waals surface area contributed by atoms with Gasteiger partial charge >= 0.3 is 12.1 Å². The number of aromatic nitrogens is 1. The van der Waals surface area contributed by atoms with Gasteiger partial charge in [0.05, 0.1) is 0 Å². The van der Waals surface area contributed by atoms with Crippen LogP contribution in [0.1, 0.15) is 43.4 Å². The first-order valence-corrected chi connectivity index (χ1v) is 12.5. The standard InChI is InChI=1S/C31H30N2O4/c1-31(2,3)37-29(34)28(16-21-18-32-17-20-10-4-5-11-22(20)21)33-30(35)36-19-27-25-14-8-6-12-23(25)24-13-7-9-15-26(24)27/h4-15,17-18,27-28H,16,19H2,1-3H3,(H,33,35)/t28-/m0/s1. The van der Waals surface area contributed by atoms with Gasteiger partial charge in [-0.15, -0.1) is 0 Å². The molecule has 1 aliphatic carbocycles. The highest BCUT2D eigenvalue weighted by atomic mass is 16.6. The van der Waals surface area contributed by atoms with Crippen LogP contribution < -0.4 is 5.32 Å². The lowest BCUT2D eigenvalue weighted by atomic mass is 9.98. The molecule has 0 fully saturated rings. The predicted octanol–water partition coefficient (Wildman–Crippen LogP) is 6.03. The summed E-state index contributed by atoms with van der Waals surface area (Å²) >= 11 is 0. The maximum atomic E-state index is 13.1. The van der Waals surface area contributed by atoms with Crippen LogP contribution in [0.4, 0.5) is 4.79 Å². The molecule has 0 saturated carbocycles. The van der Waals surface area contributed by atoms with Crippen molar-refractivity contribution in [2.24, 2.45) is 0 Å². The molecule has 0 unspecified atom stereocenters. The highest BCUT2D eigenvalue weighted by Gasteiger charge is 2.31. The Bertz CT molecular complexity index is 1410. The molecule has 1 atom stereocenters. The monoisotopic (exact) mass is 494 g/mol. The van der Waals surface area contributed by atoms with Gasteiger partial charge in [0.15, 0.2) is 0 Å². The van der Waals surface area contributed by atoms with E-state index in [4.69, 9.17) is 9.47 Å². The second kappa shape index (κ2) is 10.1. The molecule has 1 aromatic heterocycles. The molecule has 6 heteroatoms. The van der Waals surface area contributed by atoms with Crippen LogP contribution in [0.5, 0.6) is 0 Å². The highest BCUT2D eigenvalue weighted by molar-refractivity contribution is 5.87. The van der Waals surface area contributed by atoms with Gasteiger partial charge < -0.3 is 14.8 Å². The summed E-state index contributed by atoms with van der Waals surface area (Å²) < 4.78 is 11.3. The molecular weight excluding hydrogens is 464 g/mol. The van der Waals surface area contributed by atoms with Crippen LogP contribution in [-0.2, 0) is 20.7 Å². The number of esters is 1. The SMILES string of the molecule is CC(C)(C)OC(=O)[C@H](Cc1cncc2ccccc12)NC(=O)OCC1c2ccccc2-c2ccccc21. The number of benzene rings is 3. The summed E-state index contributed by atoms with van der Waals surface area (Å²) in [4.78, 5) is 30.4. The summed E-state index contributed by atoms with van der Waals surface area (Å²) in [5.41, 5.74) is 4.70. The molecule has 0 radical (unpaired) electrons. The first-order valence-electron chi connectivity index (χ1n) is 12.5. The first kappa shape index (κ1) is 24.5. The van der Waals surface area contributed by atoms with E-state index >= 15 is 0 Å². The maximum Gasteiger partial charge on any atom is 0.407 e. The summed E-state index contributed by atoms with van der Waals surface area (Å²) in [6.07, 6.45) is 3.07. The number of hydrogen-bond acceptors (Lipinski definition) is 5. The number of nitrogens with one attached hydrogen (secondary N) is 1. The zero-order valence-corrected chi connectivity index (χ0v) is 21.2. The minimum Gasteiger partial charge on any atom is -0.458 e. The number of pyridine rings is 1. The highest BCUT2D eigenvalue weighted by Crippen LogP contribution is 2.44. The van der Waals surface area contributed by atoms with E-state index in [1.165, 1.54) is 0 Å². The average molecular weight is 495 g/mol. The third-order valence-corrected chi connectivity index (χ3v) is 6.50. The number of amides is 1. The van der Waals surface area contributed by atoms with E-state index in [0.29, 0.717) is 0 Å².